The van der Waals surface area contributed by atoms with Crippen molar-refractivity contribution < 1.29 is 9.59 Å². The fourth-order valence-electron chi connectivity index (χ4n) is 2.47. The summed E-state index contributed by atoms with van der Waals surface area (Å²) in [6.07, 6.45) is 3.21. The van der Waals surface area contributed by atoms with E-state index in [0.29, 0.717) is 23.1 Å². The van der Waals surface area contributed by atoms with Crippen molar-refractivity contribution in [2.45, 2.75) is 33.1 Å². The molecule has 1 fully saturated rings. The molecule has 5 heteroatoms. The molecule has 22 heavy (non-hydrogen) atoms. The molecule has 3 N–H and O–H groups in total. The zero-order valence-electron chi connectivity index (χ0n) is 13.8. The quantitative estimate of drug-likeness (QED) is 0.842. The summed E-state index contributed by atoms with van der Waals surface area (Å²) in [6.45, 7) is 5.47. The number of carbonyl (C=O) groups excluding carboxylic acids is 2. The first-order valence-corrected chi connectivity index (χ1v) is 7.68. The van der Waals surface area contributed by atoms with Gasteiger partial charge in [-0.2, -0.15) is 0 Å². The van der Waals surface area contributed by atoms with Gasteiger partial charge in [-0.05, 0) is 58.0 Å². The number of Topliss-reactive ketones (excluding diaryl/α,β-unsaturated/α-hetero) is 1. The van der Waals surface area contributed by atoms with Gasteiger partial charge in [-0.1, -0.05) is 12.1 Å². The Morgan fingerprint density at radius 2 is 1.82 bits per heavy atom. The third-order valence-corrected chi connectivity index (χ3v) is 3.69. The van der Waals surface area contributed by atoms with Crippen LogP contribution in [0.15, 0.2) is 24.3 Å². The van der Waals surface area contributed by atoms with E-state index in [1.54, 1.807) is 19.1 Å². The van der Waals surface area contributed by atoms with E-state index < -0.39 is 0 Å². The lowest BCUT2D eigenvalue weighted by atomic mass is 9.92. The van der Waals surface area contributed by atoms with Crippen molar-refractivity contribution >= 4 is 23.1 Å². The van der Waals surface area contributed by atoms with Crippen LogP contribution in [0.5, 0.6) is 0 Å². The van der Waals surface area contributed by atoms with Crippen molar-refractivity contribution in [1.29, 1.82) is 0 Å². The number of rotatable bonds is 3. The molecule has 0 radical (unpaired) electrons. The van der Waals surface area contributed by atoms with Gasteiger partial charge in [0.15, 0.2) is 0 Å². The summed E-state index contributed by atoms with van der Waals surface area (Å²) < 4.78 is 0. The van der Waals surface area contributed by atoms with E-state index in [9.17, 15) is 9.59 Å². The van der Waals surface area contributed by atoms with Crippen molar-refractivity contribution in [2.75, 3.05) is 31.2 Å². The second kappa shape index (κ2) is 9.20. The zero-order chi connectivity index (χ0) is 16.5. The van der Waals surface area contributed by atoms with Gasteiger partial charge in [-0.3, -0.25) is 4.79 Å². The summed E-state index contributed by atoms with van der Waals surface area (Å²) in [4.78, 5) is 23.7. The minimum atomic E-state index is -0.108. The van der Waals surface area contributed by atoms with Crippen LogP contribution in [0.1, 0.15) is 33.1 Å². The topological polar surface area (TPSA) is 75.4 Å². The molecule has 0 bridgehead atoms. The minimum absolute atomic E-state index is 0.108. The number of hydrogen-bond acceptors (Lipinski definition) is 4. The Kier molecular flexibility index (Phi) is 7.60. The number of hydrogen-bond donors (Lipinski definition) is 2. The van der Waals surface area contributed by atoms with Gasteiger partial charge < -0.3 is 20.7 Å². The molecule has 0 unspecified atom stereocenters. The fraction of sp³-hybridized carbons (Fsp3) is 0.529. The van der Waals surface area contributed by atoms with Crippen LogP contribution in [-0.2, 0) is 9.59 Å². The molecule has 0 aromatic heterocycles. The first-order chi connectivity index (χ1) is 10.4. The molecule has 122 valence electrons. The third kappa shape index (κ3) is 7.22. The van der Waals surface area contributed by atoms with Gasteiger partial charge in [0.05, 0.1) is 11.4 Å². The van der Waals surface area contributed by atoms with Crippen molar-refractivity contribution in [3.8, 4) is 0 Å². The lowest BCUT2D eigenvalue weighted by Gasteiger charge is -2.28. The van der Waals surface area contributed by atoms with Gasteiger partial charge in [0.1, 0.15) is 5.78 Å². The molecule has 1 aliphatic rings. The second-order valence-electron chi connectivity index (χ2n) is 5.92. The van der Waals surface area contributed by atoms with E-state index in [1.165, 1.54) is 19.8 Å². The van der Waals surface area contributed by atoms with Gasteiger partial charge in [0, 0.05) is 13.3 Å². The van der Waals surface area contributed by atoms with E-state index in [-0.39, 0.29) is 5.91 Å². The molecule has 0 aliphatic carbocycles. The Morgan fingerprint density at radius 3 is 2.32 bits per heavy atom. The number of piperidine rings is 1. The summed E-state index contributed by atoms with van der Waals surface area (Å²) in [5, 5.41) is 2.61. The predicted octanol–water partition coefficient (Wildman–Crippen LogP) is 2.53. The van der Waals surface area contributed by atoms with Crippen molar-refractivity contribution in [3.63, 3.8) is 0 Å². The number of carbonyl (C=O) groups is 2. The molecule has 5 nitrogen and oxygen atoms in total. The van der Waals surface area contributed by atoms with Crippen LogP contribution in [0.3, 0.4) is 0 Å². The van der Waals surface area contributed by atoms with E-state index in [0.717, 1.165) is 19.5 Å². The Morgan fingerprint density at radius 1 is 1.23 bits per heavy atom. The normalized spacial score (nSPS) is 15.6. The maximum atomic E-state index is 10.8. The summed E-state index contributed by atoms with van der Waals surface area (Å²) in [5.41, 5.74) is 6.81. The van der Waals surface area contributed by atoms with Gasteiger partial charge >= 0.3 is 0 Å². The van der Waals surface area contributed by atoms with Crippen LogP contribution < -0.4 is 11.1 Å². The number of amides is 1. The Hall–Kier alpha value is -1.88. The molecule has 1 aliphatic heterocycles. The van der Waals surface area contributed by atoms with Gasteiger partial charge in [0.25, 0.3) is 0 Å². The lowest BCUT2D eigenvalue weighted by Crippen LogP contribution is -2.30. The average molecular weight is 305 g/mol. The Labute approximate surface area is 132 Å². The molecule has 0 spiro atoms. The lowest BCUT2D eigenvalue weighted by molar-refractivity contribution is -0.118. The van der Waals surface area contributed by atoms with Crippen LogP contribution >= 0.6 is 0 Å². The number of nitrogens with one attached hydrogen (secondary N) is 1. The highest BCUT2D eigenvalue weighted by Crippen LogP contribution is 2.19. The smallest absolute Gasteiger partial charge is 0.221 e. The van der Waals surface area contributed by atoms with E-state index >= 15 is 0 Å². The number of nitrogens with zero attached hydrogens (tertiary/aromatic N) is 1. The maximum absolute atomic E-state index is 10.8. The predicted molar refractivity (Wildman–Crippen MR) is 90.7 cm³/mol. The number of nitrogen functional groups attached to an aromatic ring is 1. The highest BCUT2D eigenvalue weighted by molar-refractivity contribution is 5.91. The third-order valence-electron chi connectivity index (χ3n) is 3.69. The molecular weight excluding hydrogens is 278 g/mol. The van der Waals surface area contributed by atoms with Crippen LogP contribution in [0.2, 0.25) is 0 Å². The Bertz CT molecular complexity index is 494. The number of para-hydroxylation sites is 2. The number of likely N-dealkylation sites (tertiary alicyclic amines) is 1. The van der Waals surface area contributed by atoms with Crippen LogP contribution in [0.4, 0.5) is 11.4 Å². The van der Waals surface area contributed by atoms with Crippen LogP contribution in [-0.4, -0.2) is 36.7 Å². The van der Waals surface area contributed by atoms with Gasteiger partial charge in [0.2, 0.25) is 5.91 Å². The number of nitrogens with two attached hydrogens (primary N) is 1. The molecule has 1 aromatic carbocycles. The zero-order valence-corrected chi connectivity index (χ0v) is 13.8. The maximum Gasteiger partial charge on any atom is 0.221 e. The van der Waals surface area contributed by atoms with E-state index in [1.807, 2.05) is 12.1 Å². The second-order valence-corrected chi connectivity index (χ2v) is 5.92. The average Bonchev–Trinajstić information content (AvgIpc) is 2.44. The summed E-state index contributed by atoms with van der Waals surface area (Å²) in [7, 11) is 2.14. The molecular formula is C17H27N3O2. The SMILES string of the molecule is CC(=O)CC1CCN(C)CC1.CC(=O)Nc1ccccc1N. The molecule has 1 amide bonds. The number of ketones is 1. The monoisotopic (exact) mass is 305 g/mol. The Balaban J connectivity index is 0.000000220. The molecule has 1 heterocycles. The molecule has 1 saturated heterocycles. The van der Waals surface area contributed by atoms with Gasteiger partial charge in [-0.15, -0.1) is 0 Å². The summed E-state index contributed by atoms with van der Waals surface area (Å²) in [5.74, 6) is 0.908. The summed E-state index contributed by atoms with van der Waals surface area (Å²) in [6, 6.07) is 7.14. The van der Waals surface area contributed by atoms with E-state index in [4.69, 9.17) is 5.73 Å². The van der Waals surface area contributed by atoms with Crippen LogP contribution in [0.25, 0.3) is 0 Å². The first kappa shape index (κ1) is 18.2. The van der Waals surface area contributed by atoms with Crippen LogP contribution in [0, 0.1) is 5.92 Å². The summed E-state index contributed by atoms with van der Waals surface area (Å²) >= 11 is 0. The van der Waals surface area contributed by atoms with Crippen molar-refractivity contribution in [1.82, 2.24) is 4.90 Å². The molecule has 0 atom stereocenters. The molecule has 0 saturated carbocycles. The molecule has 2 rings (SSSR count). The standard InChI is InChI=1S/C9H17NO.C8H10N2O/c1-8(11)7-9-3-5-10(2)6-4-9;1-6(11)10-8-5-3-2-4-7(8)9/h9H,3-7H2,1-2H3;2-5H,9H2,1H3,(H,10,11). The number of benzene rings is 1. The van der Waals surface area contributed by atoms with Gasteiger partial charge in [-0.25, -0.2) is 0 Å². The minimum Gasteiger partial charge on any atom is -0.397 e. The fourth-order valence-corrected chi connectivity index (χ4v) is 2.47. The molecule has 1 aromatic rings. The largest absolute Gasteiger partial charge is 0.397 e. The van der Waals surface area contributed by atoms with Crippen molar-refractivity contribution in [3.05, 3.63) is 24.3 Å². The van der Waals surface area contributed by atoms with E-state index in [2.05, 4.69) is 17.3 Å². The first-order valence-electron chi connectivity index (χ1n) is 7.68. The van der Waals surface area contributed by atoms with Crippen molar-refractivity contribution in [2.24, 2.45) is 5.92 Å². The highest BCUT2D eigenvalue weighted by atomic mass is 16.1. The number of anilines is 2. The highest BCUT2D eigenvalue weighted by Gasteiger charge is 2.17.